The SMILES string of the molecule is CC(=O)C(c1cc(C(=O)Nc2ccc3c(c2)C=CC3N2CCN(C)CC2)ccc1C)c1cnc2ccccn12. The van der Waals surface area contributed by atoms with Gasteiger partial charge in [0.15, 0.2) is 0 Å². The Morgan fingerprint density at radius 1 is 1.03 bits per heavy atom. The fraction of sp³-hybridized carbons (Fsp3) is 0.281. The lowest BCUT2D eigenvalue weighted by Gasteiger charge is -2.36. The molecule has 198 valence electrons. The van der Waals surface area contributed by atoms with Gasteiger partial charge in [0.05, 0.1) is 23.9 Å². The first-order valence-electron chi connectivity index (χ1n) is 13.5. The number of nitrogens with one attached hydrogen (secondary N) is 1. The number of carbonyl (C=O) groups is 2. The summed E-state index contributed by atoms with van der Waals surface area (Å²) in [5, 5.41) is 3.07. The second kappa shape index (κ2) is 10.2. The monoisotopic (exact) mass is 519 g/mol. The summed E-state index contributed by atoms with van der Waals surface area (Å²) in [6.07, 6.45) is 8.08. The number of hydrogen-bond acceptors (Lipinski definition) is 5. The zero-order chi connectivity index (χ0) is 27.1. The number of anilines is 1. The maximum absolute atomic E-state index is 13.4. The van der Waals surface area contributed by atoms with Gasteiger partial charge in [0.25, 0.3) is 5.91 Å². The van der Waals surface area contributed by atoms with E-state index in [2.05, 4.69) is 45.4 Å². The van der Waals surface area contributed by atoms with Crippen LogP contribution in [0.25, 0.3) is 11.7 Å². The number of imidazole rings is 1. The maximum Gasteiger partial charge on any atom is 0.255 e. The highest BCUT2D eigenvalue weighted by Crippen LogP contribution is 2.35. The van der Waals surface area contributed by atoms with Gasteiger partial charge < -0.3 is 14.6 Å². The molecule has 6 rings (SSSR count). The Hall–Kier alpha value is -4.07. The Morgan fingerprint density at radius 3 is 2.64 bits per heavy atom. The highest BCUT2D eigenvalue weighted by Gasteiger charge is 2.27. The Balaban J connectivity index is 1.24. The largest absolute Gasteiger partial charge is 0.322 e. The first-order chi connectivity index (χ1) is 18.9. The van der Waals surface area contributed by atoms with E-state index >= 15 is 0 Å². The lowest BCUT2D eigenvalue weighted by atomic mass is 9.88. The minimum atomic E-state index is -0.521. The van der Waals surface area contributed by atoms with Crippen LogP contribution in [0.1, 0.15) is 57.2 Å². The average molecular weight is 520 g/mol. The molecule has 4 aromatic rings. The molecule has 2 aromatic carbocycles. The van der Waals surface area contributed by atoms with Gasteiger partial charge in [-0.05, 0) is 79.5 Å². The summed E-state index contributed by atoms with van der Waals surface area (Å²) in [5.41, 5.74) is 7.04. The van der Waals surface area contributed by atoms with Gasteiger partial charge in [0.1, 0.15) is 11.4 Å². The van der Waals surface area contributed by atoms with Gasteiger partial charge in [-0.25, -0.2) is 4.98 Å². The van der Waals surface area contributed by atoms with Crippen molar-refractivity contribution in [1.29, 1.82) is 0 Å². The Labute approximate surface area is 228 Å². The van der Waals surface area contributed by atoms with Gasteiger partial charge in [-0.15, -0.1) is 0 Å². The molecule has 1 N–H and O–H groups in total. The van der Waals surface area contributed by atoms with Crippen molar-refractivity contribution in [2.24, 2.45) is 0 Å². The van der Waals surface area contributed by atoms with Crippen molar-refractivity contribution in [3.8, 4) is 0 Å². The van der Waals surface area contributed by atoms with Gasteiger partial charge >= 0.3 is 0 Å². The highest BCUT2D eigenvalue weighted by atomic mass is 16.1. The van der Waals surface area contributed by atoms with E-state index in [1.54, 1.807) is 13.1 Å². The number of fused-ring (bicyclic) bond motifs is 2. The molecular weight excluding hydrogens is 486 g/mol. The summed E-state index contributed by atoms with van der Waals surface area (Å²) in [6.45, 7) is 7.82. The lowest BCUT2D eigenvalue weighted by Crippen LogP contribution is -2.45. The average Bonchev–Trinajstić information content (AvgIpc) is 3.54. The van der Waals surface area contributed by atoms with E-state index in [-0.39, 0.29) is 11.7 Å². The van der Waals surface area contributed by atoms with Gasteiger partial charge in [-0.2, -0.15) is 0 Å². The predicted molar refractivity (Wildman–Crippen MR) is 154 cm³/mol. The first kappa shape index (κ1) is 25.2. The van der Waals surface area contributed by atoms with Crippen LogP contribution in [0.3, 0.4) is 0 Å². The fourth-order valence-corrected chi connectivity index (χ4v) is 5.83. The zero-order valence-electron chi connectivity index (χ0n) is 22.6. The molecule has 2 unspecified atom stereocenters. The minimum absolute atomic E-state index is 0.00150. The van der Waals surface area contributed by atoms with Crippen LogP contribution in [-0.2, 0) is 4.79 Å². The van der Waals surface area contributed by atoms with E-state index in [0.29, 0.717) is 11.6 Å². The molecular formula is C32H33N5O2. The number of aromatic nitrogens is 2. The van der Waals surface area contributed by atoms with Gasteiger partial charge in [0.2, 0.25) is 0 Å². The number of nitrogens with zero attached hydrogens (tertiary/aromatic N) is 4. The normalized spacial score (nSPS) is 18.3. The van der Waals surface area contributed by atoms with E-state index in [1.807, 2.05) is 66.1 Å². The van der Waals surface area contributed by atoms with Crippen LogP contribution >= 0.6 is 0 Å². The molecule has 1 saturated heterocycles. The molecule has 1 aliphatic heterocycles. The van der Waals surface area contributed by atoms with Crippen molar-refractivity contribution in [2.75, 3.05) is 38.5 Å². The predicted octanol–water partition coefficient (Wildman–Crippen LogP) is 4.93. The molecule has 7 heteroatoms. The van der Waals surface area contributed by atoms with Crippen molar-refractivity contribution in [1.82, 2.24) is 19.2 Å². The van der Waals surface area contributed by atoms with Gasteiger partial charge in [-0.1, -0.05) is 30.4 Å². The number of hydrogen-bond donors (Lipinski definition) is 1. The van der Waals surface area contributed by atoms with Gasteiger partial charge in [0, 0.05) is 43.6 Å². The molecule has 2 aliphatic rings. The number of piperazine rings is 1. The summed E-state index contributed by atoms with van der Waals surface area (Å²) in [4.78, 5) is 35.6. The number of pyridine rings is 1. The Bertz CT molecular complexity index is 1600. The maximum atomic E-state index is 13.4. The highest BCUT2D eigenvalue weighted by molar-refractivity contribution is 6.05. The molecule has 0 spiro atoms. The number of rotatable bonds is 6. The Kier molecular flexibility index (Phi) is 6.62. The quantitative estimate of drug-likeness (QED) is 0.391. The van der Waals surface area contributed by atoms with Crippen LogP contribution in [0, 0.1) is 6.92 Å². The molecule has 0 radical (unpaired) electrons. The zero-order valence-corrected chi connectivity index (χ0v) is 22.6. The number of aryl methyl sites for hydroxylation is 1. The number of carbonyl (C=O) groups excluding carboxylic acids is 2. The molecule has 1 amide bonds. The van der Waals surface area contributed by atoms with E-state index in [4.69, 9.17) is 0 Å². The van der Waals surface area contributed by atoms with Crippen LogP contribution in [0.5, 0.6) is 0 Å². The minimum Gasteiger partial charge on any atom is -0.322 e. The lowest BCUT2D eigenvalue weighted by molar-refractivity contribution is -0.117. The molecule has 1 fully saturated rings. The van der Waals surface area contributed by atoms with Crippen molar-refractivity contribution >= 4 is 29.1 Å². The number of ketones is 1. The van der Waals surface area contributed by atoms with Crippen molar-refractivity contribution in [3.05, 3.63) is 107 Å². The first-order valence-corrected chi connectivity index (χ1v) is 13.5. The molecule has 7 nitrogen and oxygen atoms in total. The van der Waals surface area contributed by atoms with Crippen LogP contribution in [0.4, 0.5) is 5.69 Å². The second-order valence-corrected chi connectivity index (χ2v) is 10.7. The van der Waals surface area contributed by atoms with Crippen LogP contribution in [-0.4, -0.2) is 64.1 Å². The number of Topliss-reactive ketones (excluding diaryl/α,β-unsaturated/α-hetero) is 1. The second-order valence-electron chi connectivity index (χ2n) is 10.7. The third kappa shape index (κ3) is 4.80. The van der Waals surface area contributed by atoms with Crippen LogP contribution in [0.2, 0.25) is 0 Å². The third-order valence-corrected chi connectivity index (χ3v) is 8.05. The molecule has 0 bridgehead atoms. The molecule has 39 heavy (non-hydrogen) atoms. The summed E-state index contributed by atoms with van der Waals surface area (Å²) < 4.78 is 1.94. The number of benzene rings is 2. The summed E-state index contributed by atoms with van der Waals surface area (Å²) in [7, 11) is 2.17. The third-order valence-electron chi connectivity index (χ3n) is 8.05. The molecule has 1 aliphatic carbocycles. The Morgan fingerprint density at radius 2 is 1.85 bits per heavy atom. The molecule has 3 heterocycles. The topological polar surface area (TPSA) is 70.0 Å². The van der Waals surface area contributed by atoms with E-state index in [0.717, 1.165) is 59.9 Å². The van der Waals surface area contributed by atoms with E-state index in [9.17, 15) is 9.59 Å². The van der Waals surface area contributed by atoms with Gasteiger partial charge in [-0.3, -0.25) is 14.5 Å². The summed E-state index contributed by atoms with van der Waals surface area (Å²) >= 11 is 0. The smallest absolute Gasteiger partial charge is 0.255 e. The van der Waals surface area contributed by atoms with E-state index < -0.39 is 5.92 Å². The molecule has 2 aromatic heterocycles. The number of amides is 1. The van der Waals surface area contributed by atoms with Crippen LogP contribution < -0.4 is 5.32 Å². The summed E-state index contributed by atoms with van der Waals surface area (Å²) in [6, 6.07) is 17.8. The molecule has 0 saturated carbocycles. The van der Waals surface area contributed by atoms with Crippen molar-refractivity contribution in [2.45, 2.75) is 25.8 Å². The number of likely N-dealkylation sites (N-methyl/N-ethyl adjacent to an activating group) is 1. The van der Waals surface area contributed by atoms with Crippen LogP contribution in [0.15, 0.2) is 73.1 Å². The fourth-order valence-electron chi connectivity index (χ4n) is 5.83. The van der Waals surface area contributed by atoms with Crippen molar-refractivity contribution in [3.63, 3.8) is 0 Å². The molecule has 2 atom stereocenters. The van der Waals surface area contributed by atoms with Crippen molar-refractivity contribution < 1.29 is 9.59 Å². The standard InChI is InChI=1S/C32H33N5O2/c1-21-7-8-24(19-27(21)31(22(2)38)29-20-33-30-6-4-5-13-37(29)30)32(39)34-25-10-11-26-23(18-25)9-12-28(26)36-16-14-35(3)15-17-36/h4-13,18-20,28,31H,14-17H2,1-3H3,(H,34,39). The van der Waals surface area contributed by atoms with E-state index in [1.165, 1.54) is 5.56 Å². The summed E-state index contributed by atoms with van der Waals surface area (Å²) in [5.74, 6) is -0.720.